The number of hydrogen-bond donors (Lipinski definition) is 1. The number of H-pyrrole nitrogens is 1. The zero-order chi connectivity index (χ0) is 14.8. The summed E-state index contributed by atoms with van der Waals surface area (Å²) >= 11 is 7.61. The molecule has 0 fully saturated rings. The van der Waals surface area contributed by atoms with E-state index in [4.69, 9.17) is 16.9 Å². The number of aromatic nitrogens is 4. The first-order chi connectivity index (χ1) is 10.2. The fourth-order valence-electron chi connectivity index (χ4n) is 2.00. The SMILES string of the molecule is CCc1sc(-c2cccc(Cl)c2)nc1-c1n[nH]nc1C#N. The highest BCUT2D eigenvalue weighted by molar-refractivity contribution is 7.15. The number of rotatable bonds is 3. The van der Waals surface area contributed by atoms with Crippen LogP contribution in [-0.2, 0) is 6.42 Å². The first-order valence-corrected chi connectivity index (χ1v) is 7.49. The summed E-state index contributed by atoms with van der Waals surface area (Å²) in [5, 5.41) is 21.0. The topological polar surface area (TPSA) is 78.2 Å². The maximum absolute atomic E-state index is 9.08. The van der Waals surface area contributed by atoms with Crippen LogP contribution >= 0.6 is 22.9 Å². The van der Waals surface area contributed by atoms with Crippen LogP contribution in [0.5, 0.6) is 0 Å². The number of thiazole rings is 1. The Morgan fingerprint density at radius 1 is 1.33 bits per heavy atom. The molecule has 0 aliphatic carbocycles. The van der Waals surface area contributed by atoms with E-state index in [1.165, 1.54) is 0 Å². The molecule has 0 aliphatic rings. The van der Waals surface area contributed by atoms with Crippen molar-refractivity contribution >= 4 is 22.9 Å². The van der Waals surface area contributed by atoms with Crippen molar-refractivity contribution in [1.82, 2.24) is 20.4 Å². The fraction of sp³-hybridized carbons (Fsp3) is 0.143. The van der Waals surface area contributed by atoms with Crippen LogP contribution in [-0.4, -0.2) is 20.4 Å². The van der Waals surface area contributed by atoms with E-state index in [0.717, 1.165) is 21.9 Å². The second-order valence-corrected chi connectivity index (χ2v) is 5.81. The number of aryl methyl sites for hydroxylation is 1. The minimum Gasteiger partial charge on any atom is -0.234 e. The molecule has 3 aromatic rings. The first kappa shape index (κ1) is 13.7. The van der Waals surface area contributed by atoms with Crippen LogP contribution in [0.4, 0.5) is 0 Å². The third-order valence-electron chi connectivity index (χ3n) is 2.97. The highest BCUT2D eigenvalue weighted by Crippen LogP contribution is 2.34. The predicted octanol–water partition coefficient (Wildman–Crippen LogP) is 3.68. The van der Waals surface area contributed by atoms with Crippen molar-refractivity contribution in [2.24, 2.45) is 0 Å². The number of nitriles is 1. The third-order valence-corrected chi connectivity index (χ3v) is 4.45. The van der Waals surface area contributed by atoms with Gasteiger partial charge in [-0.25, -0.2) is 4.98 Å². The van der Waals surface area contributed by atoms with Gasteiger partial charge in [-0.3, -0.25) is 0 Å². The largest absolute Gasteiger partial charge is 0.234 e. The van der Waals surface area contributed by atoms with Gasteiger partial charge in [-0.1, -0.05) is 30.7 Å². The van der Waals surface area contributed by atoms with E-state index in [9.17, 15) is 0 Å². The average molecular weight is 316 g/mol. The van der Waals surface area contributed by atoms with Gasteiger partial charge in [0.15, 0.2) is 11.4 Å². The van der Waals surface area contributed by atoms with Crippen LogP contribution < -0.4 is 0 Å². The van der Waals surface area contributed by atoms with Crippen LogP contribution in [0.25, 0.3) is 22.0 Å². The third kappa shape index (κ3) is 2.53. The van der Waals surface area contributed by atoms with Crippen LogP contribution in [0, 0.1) is 11.3 Å². The molecule has 0 saturated heterocycles. The lowest BCUT2D eigenvalue weighted by molar-refractivity contribution is 0.936. The van der Waals surface area contributed by atoms with Gasteiger partial charge < -0.3 is 0 Å². The normalized spacial score (nSPS) is 10.5. The van der Waals surface area contributed by atoms with Crippen LogP contribution in [0.1, 0.15) is 17.5 Å². The number of hydrogen-bond acceptors (Lipinski definition) is 5. The smallest absolute Gasteiger partial charge is 0.192 e. The molecule has 0 bridgehead atoms. The summed E-state index contributed by atoms with van der Waals surface area (Å²) < 4.78 is 0. The first-order valence-electron chi connectivity index (χ1n) is 6.29. The monoisotopic (exact) mass is 315 g/mol. The standard InChI is InChI=1S/C14H10ClN5S/c1-2-11-13(12-10(7-16)18-20-19-12)17-14(21-11)8-4-3-5-9(15)6-8/h3-6H,2H2,1H3,(H,18,19,20). The Labute approximate surface area is 130 Å². The molecule has 0 spiro atoms. The van der Waals surface area contributed by atoms with Gasteiger partial charge in [0.25, 0.3) is 0 Å². The molecule has 0 aliphatic heterocycles. The van der Waals surface area contributed by atoms with E-state index in [0.29, 0.717) is 16.4 Å². The van der Waals surface area contributed by atoms with Gasteiger partial charge in [-0.15, -0.1) is 16.4 Å². The number of halogens is 1. The fourth-order valence-corrected chi connectivity index (χ4v) is 3.18. The van der Waals surface area contributed by atoms with Crippen molar-refractivity contribution < 1.29 is 0 Å². The predicted molar refractivity (Wildman–Crippen MR) is 82.0 cm³/mol. The van der Waals surface area contributed by atoms with E-state index in [1.54, 1.807) is 11.3 Å². The molecule has 0 radical (unpaired) electrons. The minimum absolute atomic E-state index is 0.257. The lowest BCUT2D eigenvalue weighted by Gasteiger charge is -1.96. The molecular weight excluding hydrogens is 306 g/mol. The summed E-state index contributed by atoms with van der Waals surface area (Å²) in [4.78, 5) is 5.69. The molecule has 104 valence electrons. The Balaban J connectivity index is 2.13. The molecular formula is C14H10ClN5S. The molecule has 0 unspecified atom stereocenters. The minimum atomic E-state index is 0.257. The van der Waals surface area contributed by atoms with Crippen molar-refractivity contribution in [3.05, 3.63) is 39.9 Å². The van der Waals surface area contributed by atoms with Crippen molar-refractivity contribution in [3.63, 3.8) is 0 Å². The summed E-state index contributed by atoms with van der Waals surface area (Å²) in [6, 6.07) is 9.57. The Kier molecular flexibility index (Phi) is 3.69. The van der Waals surface area contributed by atoms with Crippen LogP contribution in [0.2, 0.25) is 5.02 Å². The van der Waals surface area contributed by atoms with Gasteiger partial charge in [-0.2, -0.15) is 15.6 Å². The Hall–Kier alpha value is -2.23. The molecule has 5 nitrogen and oxygen atoms in total. The van der Waals surface area contributed by atoms with E-state index in [1.807, 2.05) is 37.3 Å². The highest BCUT2D eigenvalue weighted by atomic mass is 35.5. The van der Waals surface area contributed by atoms with Crippen molar-refractivity contribution in [1.29, 1.82) is 5.26 Å². The molecule has 21 heavy (non-hydrogen) atoms. The van der Waals surface area contributed by atoms with Gasteiger partial charge in [0, 0.05) is 15.5 Å². The van der Waals surface area contributed by atoms with Gasteiger partial charge >= 0.3 is 0 Å². The number of aromatic amines is 1. The second-order valence-electron chi connectivity index (χ2n) is 4.29. The maximum atomic E-state index is 9.08. The summed E-state index contributed by atoms with van der Waals surface area (Å²) in [6.45, 7) is 2.05. The van der Waals surface area contributed by atoms with Gasteiger partial charge in [-0.05, 0) is 18.6 Å². The molecule has 2 heterocycles. The Bertz CT molecular complexity index is 830. The number of benzene rings is 1. The zero-order valence-electron chi connectivity index (χ0n) is 11.1. The molecule has 7 heteroatoms. The number of nitrogens with zero attached hydrogens (tertiary/aromatic N) is 4. The molecule has 0 atom stereocenters. The Morgan fingerprint density at radius 3 is 2.90 bits per heavy atom. The van der Waals surface area contributed by atoms with E-state index < -0.39 is 0 Å². The van der Waals surface area contributed by atoms with E-state index in [2.05, 4.69) is 20.4 Å². The summed E-state index contributed by atoms with van der Waals surface area (Å²) in [5.41, 5.74) is 2.42. The number of nitrogens with one attached hydrogen (secondary N) is 1. The molecule has 2 aromatic heterocycles. The zero-order valence-corrected chi connectivity index (χ0v) is 12.7. The van der Waals surface area contributed by atoms with Gasteiger partial charge in [0.05, 0.1) is 0 Å². The molecule has 1 aromatic carbocycles. The summed E-state index contributed by atoms with van der Waals surface area (Å²) in [7, 11) is 0. The van der Waals surface area contributed by atoms with Gasteiger partial charge in [0.1, 0.15) is 16.8 Å². The van der Waals surface area contributed by atoms with E-state index in [-0.39, 0.29) is 5.69 Å². The Morgan fingerprint density at radius 2 is 2.19 bits per heavy atom. The van der Waals surface area contributed by atoms with Crippen molar-refractivity contribution in [2.75, 3.05) is 0 Å². The molecule has 3 rings (SSSR count). The molecule has 0 saturated carbocycles. The van der Waals surface area contributed by atoms with Crippen molar-refractivity contribution in [2.45, 2.75) is 13.3 Å². The lowest BCUT2D eigenvalue weighted by Crippen LogP contribution is -1.87. The quantitative estimate of drug-likeness (QED) is 0.799. The molecule has 0 amide bonds. The van der Waals surface area contributed by atoms with Crippen LogP contribution in [0.3, 0.4) is 0 Å². The molecule has 1 N–H and O–H groups in total. The maximum Gasteiger partial charge on any atom is 0.192 e. The lowest BCUT2D eigenvalue weighted by atomic mass is 10.2. The second kappa shape index (κ2) is 5.64. The summed E-state index contributed by atoms with van der Waals surface area (Å²) in [6.07, 6.45) is 0.811. The van der Waals surface area contributed by atoms with Crippen LogP contribution in [0.15, 0.2) is 24.3 Å². The van der Waals surface area contributed by atoms with Gasteiger partial charge in [0.2, 0.25) is 0 Å². The summed E-state index contributed by atoms with van der Waals surface area (Å²) in [5.74, 6) is 0. The van der Waals surface area contributed by atoms with Crippen molar-refractivity contribution in [3.8, 4) is 28.0 Å². The van der Waals surface area contributed by atoms with E-state index >= 15 is 0 Å². The highest BCUT2D eigenvalue weighted by Gasteiger charge is 2.19. The average Bonchev–Trinajstić information content (AvgIpc) is 3.12.